The van der Waals surface area contributed by atoms with Gasteiger partial charge in [-0.15, -0.1) is 12.4 Å². The van der Waals surface area contributed by atoms with Gasteiger partial charge in [-0.3, -0.25) is 9.78 Å². The number of nitrogens with zero attached hydrogens (tertiary/aromatic N) is 2. The van der Waals surface area contributed by atoms with E-state index in [0.717, 1.165) is 25.1 Å². The minimum atomic E-state index is 0. The maximum Gasteiger partial charge on any atom is 0.229 e. The summed E-state index contributed by atoms with van der Waals surface area (Å²) in [6.45, 7) is 2.94. The van der Waals surface area contributed by atoms with Gasteiger partial charge in [0.15, 0.2) is 0 Å². The lowest BCUT2D eigenvalue weighted by molar-refractivity contribution is -0.131. The molecule has 1 amide bonds. The molecular formula is C18H22ClN3O. The SMILES string of the molecule is Cc1ccccc1C1CCCN1C(=O)Cc1ccc(N)cn1.Cl. The Hall–Kier alpha value is -2.07. The number of amides is 1. The Bertz CT molecular complexity index is 672. The fourth-order valence-corrected chi connectivity index (χ4v) is 3.15. The van der Waals surface area contributed by atoms with E-state index in [9.17, 15) is 4.79 Å². The number of rotatable bonds is 3. The molecule has 1 saturated heterocycles. The van der Waals surface area contributed by atoms with Crippen LogP contribution in [-0.2, 0) is 11.2 Å². The molecule has 122 valence electrons. The lowest BCUT2D eigenvalue weighted by atomic mass is 9.99. The van der Waals surface area contributed by atoms with Crippen LogP contribution in [0.2, 0.25) is 0 Å². The molecule has 1 aromatic heterocycles. The number of likely N-dealkylation sites (tertiary alicyclic amines) is 1. The van der Waals surface area contributed by atoms with Crippen LogP contribution in [0.1, 0.15) is 35.7 Å². The van der Waals surface area contributed by atoms with Crippen LogP contribution in [-0.4, -0.2) is 22.3 Å². The average Bonchev–Trinajstić information content (AvgIpc) is 2.99. The fraction of sp³-hybridized carbons (Fsp3) is 0.333. The molecule has 3 rings (SSSR count). The highest BCUT2D eigenvalue weighted by molar-refractivity contribution is 5.85. The molecule has 0 aliphatic carbocycles. The van der Waals surface area contributed by atoms with E-state index in [1.54, 1.807) is 12.3 Å². The summed E-state index contributed by atoms with van der Waals surface area (Å²) >= 11 is 0. The van der Waals surface area contributed by atoms with Gasteiger partial charge in [0, 0.05) is 12.2 Å². The molecule has 0 spiro atoms. The van der Waals surface area contributed by atoms with Gasteiger partial charge in [0.1, 0.15) is 0 Å². The molecule has 1 unspecified atom stereocenters. The fourth-order valence-electron chi connectivity index (χ4n) is 3.15. The van der Waals surface area contributed by atoms with Crippen molar-refractivity contribution in [3.63, 3.8) is 0 Å². The largest absolute Gasteiger partial charge is 0.397 e. The van der Waals surface area contributed by atoms with Gasteiger partial charge in [-0.05, 0) is 43.0 Å². The van der Waals surface area contributed by atoms with E-state index in [1.165, 1.54) is 11.1 Å². The van der Waals surface area contributed by atoms with Crippen LogP contribution in [0.15, 0.2) is 42.6 Å². The number of aromatic nitrogens is 1. The van der Waals surface area contributed by atoms with Crippen molar-refractivity contribution in [1.82, 2.24) is 9.88 Å². The van der Waals surface area contributed by atoms with Crippen LogP contribution in [0.4, 0.5) is 5.69 Å². The molecule has 1 aromatic carbocycles. The number of anilines is 1. The first-order chi connectivity index (χ1) is 10.6. The van der Waals surface area contributed by atoms with Crippen molar-refractivity contribution >= 4 is 24.0 Å². The maximum atomic E-state index is 12.6. The zero-order chi connectivity index (χ0) is 15.5. The third-order valence-corrected chi connectivity index (χ3v) is 4.30. The second-order valence-electron chi connectivity index (χ2n) is 5.86. The average molecular weight is 332 g/mol. The van der Waals surface area contributed by atoms with Crippen molar-refractivity contribution in [3.05, 3.63) is 59.4 Å². The smallest absolute Gasteiger partial charge is 0.229 e. The summed E-state index contributed by atoms with van der Waals surface area (Å²) < 4.78 is 0. The van der Waals surface area contributed by atoms with E-state index in [1.807, 2.05) is 23.1 Å². The zero-order valence-corrected chi connectivity index (χ0v) is 14.1. The summed E-state index contributed by atoms with van der Waals surface area (Å²) in [7, 11) is 0. The summed E-state index contributed by atoms with van der Waals surface area (Å²) in [4.78, 5) is 18.9. The van der Waals surface area contributed by atoms with Gasteiger partial charge in [-0.2, -0.15) is 0 Å². The summed E-state index contributed by atoms with van der Waals surface area (Å²) in [6, 6.07) is 12.1. The summed E-state index contributed by atoms with van der Waals surface area (Å²) in [5.41, 5.74) is 9.54. The van der Waals surface area contributed by atoms with Gasteiger partial charge in [0.25, 0.3) is 0 Å². The molecule has 1 fully saturated rings. The Balaban J connectivity index is 0.00000192. The van der Waals surface area contributed by atoms with E-state index in [4.69, 9.17) is 5.73 Å². The third kappa shape index (κ3) is 3.82. The van der Waals surface area contributed by atoms with Crippen LogP contribution in [0, 0.1) is 6.92 Å². The highest BCUT2D eigenvalue weighted by Gasteiger charge is 2.30. The van der Waals surface area contributed by atoms with E-state index in [2.05, 4.69) is 24.0 Å². The lowest BCUT2D eigenvalue weighted by Gasteiger charge is -2.26. The van der Waals surface area contributed by atoms with Crippen LogP contribution in [0.5, 0.6) is 0 Å². The Morgan fingerprint density at radius 2 is 2.09 bits per heavy atom. The van der Waals surface area contributed by atoms with Crippen LogP contribution in [0.3, 0.4) is 0 Å². The van der Waals surface area contributed by atoms with Crippen molar-refractivity contribution in [2.24, 2.45) is 0 Å². The number of nitrogen functional groups attached to an aromatic ring is 1. The summed E-state index contributed by atoms with van der Waals surface area (Å²) in [5.74, 6) is 0.142. The summed E-state index contributed by atoms with van der Waals surface area (Å²) in [6.07, 6.45) is 4.03. The Morgan fingerprint density at radius 1 is 1.30 bits per heavy atom. The number of hydrogen-bond donors (Lipinski definition) is 1. The number of halogens is 1. The lowest BCUT2D eigenvalue weighted by Crippen LogP contribution is -2.32. The summed E-state index contributed by atoms with van der Waals surface area (Å²) in [5, 5.41) is 0. The standard InChI is InChI=1S/C18H21N3O.ClH/c1-13-5-2-3-6-16(13)17-7-4-10-21(17)18(22)11-15-9-8-14(19)12-20-15;/h2-3,5-6,8-9,12,17H,4,7,10-11,19H2,1H3;1H. The highest BCUT2D eigenvalue weighted by atomic mass is 35.5. The Labute approximate surface area is 143 Å². The van der Waals surface area contributed by atoms with Gasteiger partial charge in [-0.25, -0.2) is 0 Å². The number of aryl methyl sites for hydroxylation is 1. The molecule has 0 radical (unpaired) electrons. The van der Waals surface area contributed by atoms with Gasteiger partial charge >= 0.3 is 0 Å². The van der Waals surface area contributed by atoms with Gasteiger partial charge < -0.3 is 10.6 Å². The molecule has 5 heteroatoms. The first-order valence-electron chi connectivity index (χ1n) is 7.70. The molecule has 1 aliphatic heterocycles. The Kier molecular flexibility index (Phi) is 5.61. The maximum absolute atomic E-state index is 12.6. The second kappa shape index (κ2) is 7.47. The number of hydrogen-bond acceptors (Lipinski definition) is 3. The van der Waals surface area contributed by atoms with E-state index in [0.29, 0.717) is 12.1 Å². The number of carbonyl (C=O) groups is 1. The van der Waals surface area contributed by atoms with Crippen molar-refractivity contribution in [2.45, 2.75) is 32.2 Å². The molecular weight excluding hydrogens is 310 g/mol. The molecule has 0 bridgehead atoms. The van der Waals surface area contributed by atoms with Gasteiger partial charge in [0.05, 0.1) is 24.3 Å². The highest BCUT2D eigenvalue weighted by Crippen LogP contribution is 2.33. The van der Waals surface area contributed by atoms with Crippen molar-refractivity contribution < 1.29 is 4.79 Å². The van der Waals surface area contributed by atoms with E-state index >= 15 is 0 Å². The first-order valence-corrected chi connectivity index (χ1v) is 7.70. The molecule has 4 nitrogen and oxygen atoms in total. The number of nitrogens with two attached hydrogens (primary N) is 1. The number of benzene rings is 1. The quantitative estimate of drug-likeness (QED) is 0.938. The molecule has 1 aliphatic rings. The van der Waals surface area contributed by atoms with Crippen molar-refractivity contribution in [1.29, 1.82) is 0 Å². The molecule has 2 N–H and O–H groups in total. The Morgan fingerprint density at radius 3 is 2.78 bits per heavy atom. The monoisotopic (exact) mass is 331 g/mol. The van der Waals surface area contributed by atoms with E-state index in [-0.39, 0.29) is 24.4 Å². The van der Waals surface area contributed by atoms with Gasteiger partial charge in [-0.1, -0.05) is 24.3 Å². The predicted molar refractivity (Wildman–Crippen MR) is 94.5 cm³/mol. The minimum Gasteiger partial charge on any atom is -0.397 e. The first kappa shape index (κ1) is 17.3. The topological polar surface area (TPSA) is 59.2 Å². The number of carbonyl (C=O) groups excluding carboxylic acids is 1. The van der Waals surface area contributed by atoms with Gasteiger partial charge in [0.2, 0.25) is 5.91 Å². The zero-order valence-electron chi connectivity index (χ0n) is 13.2. The van der Waals surface area contributed by atoms with Crippen molar-refractivity contribution in [2.75, 3.05) is 12.3 Å². The molecule has 2 aromatic rings. The molecule has 0 saturated carbocycles. The molecule has 23 heavy (non-hydrogen) atoms. The number of pyridine rings is 1. The van der Waals surface area contributed by atoms with Crippen molar-refractivity contribution in [3.8, 4) is 0 Å². The van der Waals surface area contributed by atoms with Crippen LogP contribution < -0.4 is 5.73 Å². The predicted octanol–water partition coefficient (Wildman–Crippen LogP) is 3.30. The van der Waals surface area contributed by atoms with E-state index < -0.39 is 0 Å². The molecule has 2 heterocycles. The van der Waals surface area contributed by atoms with Crippen LogP contribution in [0.25, 0.3) is 0 Å². The second-order valence-corrected chi connectivity index (χ2v) is 5.86. The normalized spacial score (nSPS) is 16.9. The molecule has 1 atom stereocenters. The third-order valence-electron chi connectivity index (χ3n) is 4.30. The van der Waals surface area contributed by atoms with Crippen LogP contribution >= 0.6 is 12.4 Å². The minimum absolute atomic E-state index is 0.